The maximum Gasteiger partial charge on any atom is 0.418 e. The van der Waals surface area contributed by atoms with E-state index in [-0.39, 0.29) is 40.3 Å². The topological polar surface area (TPSA) is 76.1 Å². The molecular weight excluding hydrogens is 538 g/mol. The van der Waals surface area contributed by atoms with Gasteiger partial charge >= 0.3 is 12.4 Å². The SMILES string of the molecule is C[C@@H]1CN(Cc2nc(Nc3ccc(C(F)(F)F)cc3)c3ncc(-c4ncccc4C(F)(F)F)cc3n2)C[C@@H](C)O1. The number of nitrogens with one attached hydrogen (secondary N) is 1. The molecule has 0 saturated carbocycles. The van der Waals surface area contributed by atoms with E-state index >= 15 is 0 Å². The first kappa shape index (κ1) is 27.7. The predicted molar refractivity (Wildman–Crippen MR) is 136 cm³/mol. The van der Waals surface area contributed by atoms with Gasteiger partial charge in [-0.15, -0.1) is 0 Å². The van der Waals surface area contributed by atoms with Crippen LogP contribution < -0.4 is 5.32 Å². The summed E-state index contributed by atoms with van der Waals surface area (Å²) < 4.78 is 85.8. The Morgan fingerprint density at radius 3 is 2.27 bits per heavy atom. The fourth-order valence-corrected chi connectivity index (χ4v) is 4.71. The Kier molecular flexibility index (Phi) is 7.36. The van der Waals surface area contributed by atoms with Crippen molar-refractivity contribution in [3.63, 3.8) is 0 Å². The lowest BCUT2D eigenvalue weighted by atomic mass is 10.1. The average molecular weight is 563 g/mol. The minimum absolute atomic E-state index is 0.0211. The maximum atomic E-state index is 13.7. The van der Waals surface area contributed by atoms with Crippen molar-refractivity contribution >= 4 is 22.5 Å². The van der Waals surface area contributed by atoms with Crippen LogP contribution in [-0.4, -0.2) is 50.1 Å². The molecular formula is C27H24F6N6O. The predicted octanol–water partition coefficient (Wildman–Crippen LogP) is 6.48. The highest BCUT2D eigenvalue weighted by Crippen LogP contribution is 2.37. The maximum absolute atomic E-state index is 13.7. The fraction of sp³-hybridized carbons (Fsp3) is 0.333. The highest BCUT2D eigenvalue weighted by atomic mass is 19.4. The van der Waals surface area contributed by atoms with Crippen LogP contribution in [0.25, 0.3) is 22.3 Å². The highest BCUT2D eigenvalue weighted by Gasteiger charge is 2.34. The molecule has 13 heteroatoms. The molecule has 1 N–H and O–H groups in total. The van der Waals surface area contributed by atoms with Crippen LogP contribution in [0.15, 0.2) is 54.9 Å². The Balaban J connectivity index is 1.57. The van der Waals surface area contributed by atoms with Crippen molar-refractivity contribution in [2.45, 2.75) is 45.0 Å². The van der Waals surface area contributed by atoms with Crippen LogP contribution >= 0.6 is 0 Å². The van der Waals surface area contributed by atoms with Crippen LogP contribution in [-0.2, 0) is 23.6 Å². The summed E-state index contributed by atoms with van der Waals surface area (Å²) in [5.74, 6) is 0.567. The molecule has 3 aromatic heterocycles. The molecule has 40 heavy (non-hydrogen) atoms. The molecule has 0 aliphatic carbocycles. The van der Waals surface area contributed by atoms with E-state index in [1.165, 1.54) is 36.7 Å². The van der Waals surface area contributed by atoms with Gasteiger partial charge in [0.1, 0.15) is 11.3 Å². The van der Waals surface area contributed by atoms with Gasteiger partial charge in [0.2, 0.25) is 0 Å². The number of benzene rings is 1. The number of nitrogens with zero attached hydrogens (tertiary/aromatic N) is 5. The van der Waals surface area contributed by atoms with E-state index in [0.717, 1.165) is 18.2 Å². The molecule has 7 nitrogen and oxygen atoms in total. The van der Waals surface area contributed by atoms with Crippen LogP contribution in [0.1, 0.15) is 30.8 Å². The molecule has 4 aromatic rings. The lowest BCUT2D eigenvalue weighted by molar-refractivity contribution is -0.138. The Labute approximate surface area is 225 Å². The molecule has 0 bridgehead atoms. The second-order valence-corrected chi connectivity index (χ2v) is 9.63. The molecule has 2 atom stereocenters. The summed E-state index contributed by atoms with van der Waals surface area (Å²) in [7, 11) is 0. The smallest absolute Gasteiger partial charge is 0.373 e. The standard InChI is InChI=1S/C27H24F6N6O/c1-15-12-39(13-16(2)40-15)14-22-37-21-10-17(23-20(27(31,32)33)4-3-9-34-23)11-35-24(21)25(38-22)36-19-7-5-18(6-8-19)26(28,29)30/h3-11,15-16H,12-14H2,1-2H3,(H,36,37,38)/t15-,16-/m1/s1. The number of hydrogen-bond donors (Lipinski definition) is 1. The number of fused-ring (bicyclic) bond motifs is 1. The van der Waals surface area contributed by atoms with Crippen molar-refractivity contribution in [3.8, 4) is 11.3 Å². The Hall–Kier alpha value is -3.84. The van der Waals surface area contributed by atoms with E-state index in [4.69, 9.17) is 4.74 Å². The van der Waals surface area contributed by atoms with Crippen LogP contribution in [0, 0.1) is 0 Å². The fourth-order valence-electron chi connectivity index (χ4n) is 4.71. The number of aromatic nitrogens is 4. The van der Waals surface area contributed by atoms with Crippen LogP contribution in [0.5, 0.6) is 0 Å². The van der Waals surface area contributed by atoms with Gasteiger partial charge in [0, 0.05) is 36.7 Å². The van der Waals surface area contributed by atoms with Gasteiger partial charge in [0.05, 0.1) is 41.1 Å². The van der Waals surface area contributed by atoms with E-state index < -0.39 is 23.5 Å². The molecule has 1 saturated heterocycles. The largest absolute Gasteiger partial charge is 0.418 e. The molecule has 0 spiro atoms. The first-order valence-corrected chi connectivity index (χ1v) is 12.4. The molecule has 4 heterocycles. The first-order valence-electron chi connectivity index (χ1n) is 12.4. The second kappa shape index (κ2) is 10.6. The van der Waals surface area contributed by atoms with Crippen molar-refractivity contribution in [2.24, 2.45) is 0 Å². The van der Waals surface area contributed by atoms with Gasteiger partial charge < -0.3 is 10.1 Å². The van der Waals surface area contributed by atoms with Crippen LogP contribution in [0.4, 0.5) is 37.8 Å². The van der Waals surface area contributed by atoms with E-state index in [0.29, 0.717) is 31.1 Å². The summed E-state index contributed by atoms with van der Waals surface area (Å²) in [6, 6.07) is 8.00. The van der Waals surface area contributed by atoms with Gasteiger partial charge in [-0.3, -0.25) is 9.88 Å². The summed E-state index contributed by atoms with van der Waals surface area (Å²) in [5, 5.41) is 3.00. The van der Waals surface area contributed by atoms with Crippen molar-refractivity contribution < 1.29 is 31.1 Å². The third-order valence-corrected chi connectivity index (χ3v) is 6.30. The first-order chi connectivity index (χ1) is 18.9. The van der Waals surface area contributed by atoms with Crippen LogP contribution in [0.3, 0.4) is 0 Å². The normalized spacial score (nSPS) is 18.7. The second-order valence-electron chi connectivity index (χ2n) is 9.63. The lowest BCUT2D eigenvalue weighted by Crippen LogP contribution is -2.45. The van der Waals surface area contributed by atoms with Gasteiger partial charge in [0.25, 0.3) is 0 Å². The summed E-state index contributed by atoms with van der Waals surface area (Å²) >= 11 is 0. The molecule has 1 fully saturated rings. The minimum Gasteiger partial charge on any atom is -0.373 e. The molecule has 0 radical (unpaired) electrons. The molecule has 5 rings (SSSR count). The zero-order valence-electron chi connectivity index (χ0n) is 21.4. The van der Waals surface area contributed by atoms with E-state index in [1.54, 1.807) is 0 Å². The Morgan fingerprint density at radius 2 is 1.62 bits per heavy atom. The van der Waals surface area contributed by atoms with Gasteiger partial charge in [0.15, 0.2) is 5.82 Å². The van der Waals surface area contributed by atoms with Crippen molar-refractivity contribution in [2.75, 3.05) is 18.4 Å². The van der Waals surface area contributed by atoms with E-state index in [1.807, 2.05) is 13.8 Å². The minimum atomic E-state index is -4.63. The number of rotatable bonds is 5. The van der Waals surface area contributed by atoms with Crippen molar-refractivity contribution in [1.82, 2.24) is 24.8 Å². The third kappa shape index (κ3) is 6.15. The molecule has 0 unspecified atom stereocenters. The van der Waals surface area contributed by atoms with Crippen LogP contribution in [0.2, 0.25) is 0 Å². The number of morpholine rings is 1. The quantitative estimate of drug-likeness (QED) is 0.279. The third-order valence-electron chi connectivity index (χ3n) is 6.30. The summed E-state index contributed by atoms with van der Waals surface area (Å²) in [6.07, 6.45) is -6.66. The molecule has 0 amide bonds. The van der Waals surface area contributed by atoms with Gasteiger partial charge in [-0.2, -0.15) is 26.3 Å². The number of anilines is 2. The highest BCUT2D eigenvalue weighted by molar-refractivity contribution is 5.89. The number of pyridine rings is 2. The molecule has 1 aliphatic heterocycles. The number of halogens is 6. The molecule has 1 aliphatic rings. The molecule has 210 valence electrons. The summed E-state index contributed by atoms with van der Waals surface area (Å²) in [5.41, 5.74) is -1.09. The average Bonchev–Trinajstić information content (AvgIpc) is 2.87. The zero-order chi connectivity index (χ0) is 28.7. The number of ether oxygens (including phenoxy) is 1. The summed E-state index contributed by atoms with van der Waals surface area (Å²) in [6.45, 7) is 5.45. The Morgan fingerprint density at radius 1 is 0.925 bits per heavy atom. The van der Waals surface area contributed by atoms with E-state index in [2.05, 4.69) is 30.2 Å². The van der Waals surface area contributed by atoms with Gasteiger partial charge in [-0.05, 0) is 56.3 Å². The molecule has 1 aromatic carbocycles. The monoisotopic (exact) mass is 562 g/mol. The van der Waals surface area contributed by atoms with Gasteiger partial charge in [-0.25, -0.2) is 15.0 Å². The van der Waals surface area contributed by atoms with Crippen molar-refractivity contribution in [3.05, 3.63) is 71.8 Å². The zero-order valence-corrected chi connectivity index (χ0v) is 21.4. The van der Waals surface area contributed by atoms with E-state index in [9.17, 15) is 26.3 Å². The van der Waals surface area contributed by atoms with Crippen molar-refractivity contribution in [1.29, 1.82) is 0 Å². The lowest BCUT2D eigenvalue weighted by Gasteiger charge is -2.34. The number of alkyl halides is 6. The summed E-state index contributed by atoms with van der Waals surface area (Å²) in [4.78, 5) is 19.6. The van der Waals surface area contributed by atoms with Gasteiger partial charge in [-0.1, -0.05) is 0 Å². The number of hydrogen-bond acceptors (Lipinski definition) is 7. The Bertz CT molecular complexity index is 1500.